The molecule has 12 heavy (non-hydrogen) atoms. The Labute approximate surface area is 107 Å². The van der Waals surface area contributed by atoms with Crippen molar-refractivity contribution in [1.82, 2.24) is 4.90 Å². The van der Waals surface area contributed by atoms with Gasteiger partial charge in [-0.25, -0.2) is 0 Å². The van der Waals surface area contributed by atoms with Gasteiger partial charge in [0.1, 0.15) is 0 Å². The van der Waals surface area contributed by atoms with Crippen molar-refractivity contribution in [1.29, 1.82) is 0 Å². The minimum Gasteiger partial charge on any atom is -0.483 e. The van der Waals surface area contributed by atoms with Crippen molar-refractivity contribution in [2.75, 3.05) is 20.1 Å². The molecular formula is C7H14KNO3. The van der Waals surface area contributed by atoms with Crippen LogP contribution in [0.25, 0.3) is 0 Å². The van der Waals surface area contributed by atoms with Crippen molar-refractivity contribution in [3.05, 3.63) is 0 Å². The van der Waals surface area contributed by atoms with Crippen LogP contribution >= 0.6 is 0 Å². The van der Waals surface area contributed by atoms with Gasteiger partial charge in [0.25, 0.3) is 6.47 Å². The van der Waals surface area contributed by atoms with Crippen LogP contribution in [0.5, 0.6) is 0 Å². The number of piperidine rings is 1. The summed E-state index contributed by atoms with van der Waals surface area (Å²) in [4.78, 5) is 10.6. The molecule has 1 heterocycles. The van der Waals surface area contributed by atoms with E-state index in [2.05, 4.69) is 11.9 Å². The Morgan fingerprint density at radius 1 is 1.50 bits per heavy atom. The minimum absolute atomic E-state index is 0.195. The first kappa shape index (κ1) is 13.0. The third kappa shape index (κ3) is 6.53. The van der Waals surface area contributed by atoms with Crippen LogP contribution < -0.4 is 0 Å². The summed E-state index contributed by atoms with van der Waals surface area (Å²) < 4.78 is -0.195. The maximum absolute atomic E-state index is 9.55. The molecule has 0 aromatic rings. The zero-order chi connectivity index (χ0) is 9.61. The molecule has 0 saturated carbocycles. The zero-order valence-electron chi connectivity index (χ0n) is 7.66. The molecule has 0 atom stereocenters. The van der Waals surface area contributed by atoms with Gasteiger partial charge in [0.15, 0.2) is 0 Å². The van der Waals surface area contributed by atoms with Gasteiger partial charge in [0, 0.05) is 0 Å². The van der Waals surface area contributed by atoms with Crippen molar-refractivity contribution < 1.29 is 15.0 Å². The third-order valence-corrected chi connectivity index (χ3v) is 3.63. The van der Waals surface area contributed by atoms with Gasteiger partial charge < -0.3 is 5.11 Å². The number of rotatable bonds is 0. The second kappa shape index (κ2) is 6.48. The predicted molar refractivity (Wildman–Crippen MR) is 46.1 cm³/mol. The SMILES string of the molecule is CN1CC[C](O)([K])CC1.O=CO. The van der Waals surface area contributed by atoms with E-state index in [-0.39, 0.29) is 6.17 Å². The van der Waals surface area contributed by atoms with Crippen molar-refractivity contribution >= 4 is 55.4 Å². The molecule has 0 amide bonds. The van der Waals surface area contributed by atoms with E-state index in [1.807, 2.05) is 0 Å². The van der Waals surface area contributed by atoms with Gasteiger partial charge in [-0.15, -0.1) is 0 Å². The molecule has 2 N–H and O–H groups in total. The average Bonchev–Trinajstić information content (AvgIpc) is 1.98. The first-order valence-electron chi connectivity index (χ1n) is 4.00. The van der Waals surface area contributed by atoms with Crippen molar-refractivity contribution in [3.8, 4) is 0 Å². The Kier molecular flexibility index (Phi) is 7.03. The van der Waals surface area contributed by atoms with Crippen LogP contribution in [0.2, 0.25) is 0 Å². The normalized spacial score (nSPS) is 22.3. The Morgan fingerprint density at radius 3 is 2.08 bits per heavy atom. The van der Waals surface area contributed by atoms with Crippen molar-refractivity contribution in [2.24, 2.45) is 0 Å². The average molecular weight is 199 g/mol. The zero-order valence-corrected chi connectivity index (χ0v) is 10.8. The maximum Gasteiger partial charge on any atom is 0.290 e. The fraction of sp³-hybridized carbons (Fsp3) is 0.857. The number of carbonyl (C=O) groups is 1. The number of aliphatic hydroxyl groups is 1. The molecule has 1 fully saturated rings. The van der Waals surface area contributed by atoms with Gasteiger partial charge >= 0.3 is 91.6 Å². The smallest absolute Gasteiger partial charge is 0.290 e. The van der Waals surface area contributed by atoms with E-state index in [4.69, 9.17) is 9.90 Å². The molecule has 0 bridgehead atoms. The third-order valence-electron chi connectivity index (χ3n) is 2.06. The van der Waals surface area contributed by atoms with E-state index < -0.39 is 0 Å². The van der Waals surface area contributed by atoms with Crippen LogP contribution in [0.15, 0.2) is 0 Å². The molecule has 0 unspecified atom stereocenters. The first-order valence-corrected chi connectivity index (χ1v) is 5.57. The van der Waals surface area contributed by atoms with Crippen LogP contribution in [-0.2, 0) is 4.79 Å². The van der Waals surface area contributed by atoms with E-state index >= 15 is 0 Å². The van der Waals surface area contributed by atoms with Crippen LogP contribution in [0.1, 0.15) is 12.8 Å². The molecular weight excluding hydrogens is 185 g/mol. The molecule has 5 heteroatoms. The van der Waals surface area contributed by atoms with Gasteiger partial charge in [-0.3, -0.25) is 4.79 Å². The second-order valence-corrected chi connectivity index (χ2v) is 6.31. The van der Waals surface area contributed by atoms with E-state index in [0.29, 0.717) is 49.0 Å². The van der Waals surface area contributed by atoms with Gasteiger partial charge in [0.2, 0.25) is 0 Å². The number of nitrogens with zero attached hydrogens (tertiary/aromatic N) is 1. The predicted octanol–water partition coefficient (Wildman–Crippen LogP) is -0.730. The Balaban J connectivity index is 0.000000354. The molecule has 0 radical (unpaired) electrons. The maximum atomic E-state index is 9.55. The van der Waals surface area contributed by atoms with Crippen LogP contribution in [0, 0.1) is 0 Å². The van der Waals surface area contributed by atoms with Crippen LogP contribution in [0.3, 0.4) is 0 Å². The molecule has 0 spiro atoms. The molecule has 0 aromatic heterocycles. The molecule has 66 valence electrons. The monoisotopic (exact) mass is 199 g/mol. The van der Waals surface area contributed by atoms with Crippen LogP contribution in [-0.4, -0.2) is 90.4 Å². The number of hydrogen-bond acceptors (Lipinski definition) is 3. The fourth-order valence-corrected chi connectivity index (χ4v) is 1.80. The quantitative estimate of drug-likeness (QED) is 0.399. The summed E-state index contributed by atoms with van der Waals surface area (Å²) in [5, 5.41) is 16.4. The van der Waals surface area contributed by atoms with E-state index in [1.54, 1.807) is 0 Å². The summed E-state index contributed by atoms with van der Waals surface area (Å²) in [5.74, 6) is 0. The second-order valence-electron chi connectivity index (χ2n) is 3.41. The van der Waals surface area contributed by atoms with Crippen LogP contribution in [0.4, 0.5) is 0 Å². The number of carboxylic acid groups (broad SMARTS) is 1. The molecule has 1 saturated heterocycles. The summed E-state index contributed by atoms with van der Waals surface area (Å²) >= 11 is 0.585. The molecule has 1 aliphatic heterocycles. The van der Waals surface area contributed by atoms with Gasteiger partial charge in [0.05, 0.1) is 0 Å². The molecule has 4 nitrogen and oxygen atoms in total. The van der Waals surface area contributed by atoms with Crippen molar-refractivity contribution in [2.45, 2.75) is 12.5 Å². The summed E-state index contributed by atoms with van der Waals surface area (Å²) in [6, 6.07) is 0. The fourth-order valence-electron chi connectivity index (χ4n) is 1.10. The number of likely N-dealkylation sites (tertiary alicyclic amines) is 1. The van der Waals surface area contributed by atoms with Gasteiger partial charge in [-0.2, -0.15) is 0 Å². The summed E-state index contributed by atoms with van der Waals surface area (Å²) in [6.07, 6.45) is 2.01. The first-order chi connectivity index (χ1) is 5.52. The Bertz CT molecular complexity index is 131. The Hall–Kier alpha value is 1.03. The summed E-state index contributed by atoms with van der Waals surface area (Å²) in [5.41, 5.74) is 0. The minimum atomic E-state index is -0.250. The van der Waals surface area contributed by atoms with E-state index in [1.165, 1.54) is 0 Å². The number of hydrogen-bond donors (Lipinski definition) is 2. The van der Waals surface area contributed by atoms with E-state index in [9.17, 15) is 5.11 Å². The molecule has 1 rings (SSSR count). The topological polar surface area (TPSA) is 60.8 Å². The molecule has 0 aliphatic carbocycles. The molecule has 1 aliphatic rings. The summed E-state index contributed by atoms with van der Waals surface area (Å²) in [6.45, 7) is 1.91. The van der Waals surface area contributed by atoms with Crippen molar-refractivity contribution in [3.63, 3.8) is 0 Å². The standard InChI is InChI=1S/C6H12NO.CH2O2.K/c1-7-4-2-6(8)3-5-7;2-1-3;/h8H,2-5H2,1H3;1H,(H,2,3);. The largest absolute Gasteiger partial charge is 0.483 e. The molecule has 0 aromatic carbocycles. The van der Waals surface area contributed by atoms with Gasteiger partial charge in [-0.1, -0.05) is 0 Å². The Morgan fingerprint density at radius 2 is 1.83 bits per heavy atom. The van der Waals surface area contributed by atoms with Gasteiger partial charge in [-0.05, 0) is 0 Å². The van der Waals surface area contributed by atoms with E-state index in [0.717, 1.165) is 25.9 Å². The summed E-state index contributed by atoms with van der Waals surface area (Å²) in [7, 11) is 2.11.